The molecule has 0 amide bonds. The van der Waals surface area contributed by atoms with Crippen LogP contribution < -0.4 is 5.32 Å². The standard InChI is InChI=1S/C14H14BrNO2S/c1-8-7-10(14(17)18)3-4-11(8)16-9(2)12-5-6-13(15)19-12/h3-7,9,16H,1-2H3,(H,17,18). The lowest BCUT2D eigenvalue weighted by molar-refractivity contribution is 0.0697. The van der Waals surface area contributed by atoms with Gasteiger partial charge in [-0.05, 0) is 65.7 Å². The molecule has 2 rings (SSSR count). The third-order valence-electron chi connectivity index (χ3n) is 2.87. The van der Waals surface area contributed by atoms with Gasteiger partial charge in [-0.1, -0.05) is 0 Å². The molecule has 0 bridgehead atoms. The summed E-state index contributed by atoms with van der Waals surface area (Å²) in [5.41, 5.74) is 2.21. The maximum Gasteiger partial charge on any atom is 0.335 e. The van der Waals surface area contributed by atoms with Gasteiger partial charge in [-0.3, -0.25) is 0 Å². The van der Waals surface area contributed by atoms with Gasteiger partial charge in [0.2, 0.25) is 0 Å². The van der Waals surface area contributed by atoms with E-state index >= 15 is 0 Å². The number of halogens is 1. The highest BCUT2D eigenvalue weighted by atomic mass is 79.9. The Morgan fingerprint density at radius 1 is 1.37 bits per heavy atom. The molecule has 2 N–H and O–H groups in total. The second-order valence-corrected chi connectivity index (χ2v) is 6.84. The monoisotopic (exact) mass is 339 g/mol. The van der Waals surface area contributed by atoms with Crippen LogP contribution in [0.3, 0.4) is 0 Å². The van der Waals surface area contributed by atoms with Crippen molar-refractivity contribution in [3.63, 3.8) is 0 Å². The maximum absolute atomic E-state index is 10.9. The van der Waals surface area contributed by atoms with Gasteiger partial charge < -0.3 is 10.4 Å². The summed E-state index contributed by atoms with van der Waals surface area (Å²) < 4.78 is 1.11. The zero-order valence-electron chi connectivity index (χ0n) is 10.6. The Kier molecular flexibility index (Phi) is 4.27. The molecule has 1 aromatic heterocycles. The molecule has 0 spiro atoms. The molecular formula is C14H14BrNO2S. The summed E-state index contributed by atoms with van der Waals surface area (Å²) in [7, 11) is 0. The van der Waals surface area contributed by atoms with E-state index < -0.39 is 5.97 Å². The third kappa shape index (κ3) is 3.36. The minimum Gasteiger partial charge on any atom is -0.478 e. The number of aryl methyl sites for hydroxylation is 1. The number of aromatic carboxylic acids is 1. The lowest BCUT2D eigenvalue weighted by atomic mass is 10.1. The number of rotatable bonds is 4. The lowest BCUT2D eigenvalue weighted by Crippen LogP contribution is -2.07. The van der Waals surface area contributed by atoms with Crippen molar-refractivity contribution in [1.29, 1.82) is 0 Å². The SMILES string of the molecule is Cc1cc(C(=O)O)ccc1NC(C)c1ccc(Br)s1. The fraction of sp³-hybridized carbons (Fsp3) is 0.214. The molecule has 0 aliphatic carbocycles. The van der Waals surface area contributed by atoms with Crippen molar-refractivity contribution in [3.05, 3.63) is 50.1 Å². The minimum absolute atomic E-state index is 0.186. The molecule has 100 valence electrons. The number of benzene rings is 1. The largest absolute Gasteiger partial charge is 0.478 e. The van der Waals surface area contributed by atoms with Gasteiger partial charge in [0.05, 0.1) is 15.4 Å². The maximum atomic E-state index is 10.9. The molecule has 1 atom stereocenters. The summed E-state index contributed by atoms with van der Waals surface area (Å²) in [6, 6.07) is 9.41. The molecule has 2 aromatic rings. The number of carboxylic acids is 1. The highest BCUT2D eigenvalue weighted by Gasteiger charge is 2.11. The summed E-state index contributed by atoms with van der Waals surface area (Å²) >= 11 is 5.14. The van der Waals surface area contributed by atoms with Crippen LogP contribution in [0.25, 0.3) is 0 Å². The summed E-state index contributed by atoms with van der Waals surface area (Å²) in [5, 5.41) is 12.3. The summed E-state index contributed by atoms with van der Waals surface area (Å²) in [4.78, 5) is 12.1. The van der Waals surface area contributed by atoms with Crippen LogP contribution in [0.2, 0.25) is 0 Å². The Balaban J connectivity index is 2.17. The second-order valence-electron chi connectivity index (χ2n) is 4.34. The average molecular weight is 340 g/mol. The number of carboxylic acid groups (broad SMARTS) is 1. The number of thiophene rings is 1. The molecule has 0 saturated heterocycles. The minimum atomic E-state index is -0.898. The van der Waals surface area contributed by atoms with E-state index in [-0.39, 0.29) is 6.04 Å². The van der Waals surface area contributed by atoms with Gasteiger partial charge in [-0.25, -0.2) is 4.79 Å². The van der Waals surface area contributed by atoms with E-state index in [0.29, 0.717) is 5.56 Å². The van der Waals surface area contributed by atoms with Crippen LogP contribution in [0.15, 0.2) is 34.1 Å². The number of hydrogen-bond donors (Lipinski definition) is 2. The molecule has 0 radical (unpaired) electrons. The van der Waals surface area contributed by atoms with Crippen molar-refractivity contribution in [2.75, 3.05) is 5.32 Å². The van der Waals surface area contributed by atoms with Crippen molar-refractivity contribution in [1.82, 2.24) is 0 Å². The van der Waals surface area contributed by atoms with E-state index in [2.05, 4.69) is 34.2 Å². The summed E-state index contributed by atoms with van der Waals surface area (Å²) in [6.07, 6.45) is 0. The van der Waals surface area contributed by atoms with Crippen molar-refractivity contribution >= 4 is 38.9 Å². The van der Waals surface area contributed by atoms with E-state index in [1.165, 1.54) is 4.88 Å². The number of carbonyl (C=O) groups is 1. The Labute approximate surface area is 124 Å². The molecule has 0 aliphatic heterocycles. The zero-order valence-corrected chi connectivity index (χ0v) is 13.0. The van der Waals surface area contributed by atoms with Crippen molar-refractivity contribution < 1.29 is 9.90 Å². The van der Waals surface area contributed by atoms with E-state index in [9.17, 15) is 4.79 Å². The topological polar surface area (TPSA) is 49.3 Å². The normalized spacial score (nSPS) is 12.2. The second kappa shape index (κ2) is 5.75. The number of hydrogen-bond acceptors (Lipinski definition) is 3. The molecule has 0 saturated carbocycles. The quantitative estimate of drug-likeness (QED) is 0.849. The molecule has 0 fully saturated rings. The first-order valence-corrected chi connectivity index (χ1v) is 7.44. The predicted octanol–water partition coefficient (Wildman–Crippen LogP) is 4.69. The Bertz CT molecular complexity index is 609. The zero-order chi connectivity index (χ0) is 14.0. The van der Waals surface area contributed by atoms with Crippen LogP contribution in [-0.4, -0.2) is 11.1 Å². The summed E-state index contributed by atoms with van der Waals surface area (Å²) in [6.45, 7) is 3.99. The van der Waals surface area contributed by atoms with Crippen LogP contribution in [0, 0.1) is 6.92 Å². The number of nitrogens with one attached hydrogen (secondary N) is 1. The number of anilines is 1. The molecule has 1 aromatic carbocycles. The smallest absolute Gasteiger partial charge is 0.335 e. The first-order chi connectivity index (χ1) is 8.97. The lowest BCUT2D eigenvalue weighted by Gasteiger charge is -2.16. The highest BCUT2D eigenvalue weighted by molar-refractivity contribution is 9.11. The molecule has 3 nitrogen and oxygen atoms in total. The van der Waals surface area contributed by atoms with Gasteiger partial charge in [-0.2, -0.15) is 0 Å². The van der Waals surface area contributed by atoms with E-state index in [1.54, 1.807) is 23.5 Å². The van der Waals surface area contributed by atoms with Crippen molar-refractivity contribution in [2.24, 2.45) is 0 Å². The molecule has 1 heterocycles. The molecule has 0 aliphatic rings. The van der Waals surface area contributed by atoms with Crippen LogP contribution >= 0.6 is 27.3 Å². The first kappa shape index (κ1) is 14.1. The third-order valence-corrected chi connectivity index (χ3v) is 4.67. The molecule has 19 heavy (non-hydrogen) atoms. The Hall–Kier alpha value is -1.33. The van der Waals surface area contributed by atoms with Crippen LogP contribution in [0.4, 0.5) is 5.69 Å². The van der Waals surface area contributed by atoms with E-state index in [1.807, 2.05) is 19.1 Å². The van der Waals surface area contributed by atoms with Crippen LogP contribution in [0.5, 0.6) is 0 Å². The van der Waals surface area contributed by atoms with Gasteiger partial charge in [-0.15, -0.1) is 11.3 Å². The van der Waals surface area contributed by atoms with Gasteiger partial charge in [0.15, 0.2) is 0 Å². The Morgan fingerprint density at radius 3 is 2.63 bits per heavy atom. The van der Waals surface area contributed by atoms with Crippen LogP contribution in [0.1, 0.15) is 33.8 Å². The molecule has 5 heteroatoms. The van der Waals surface area contributed by atoms with Gasteiger partial charge in [0.1, 0.15) is 0 Å². The van der Waals surface area contributed by atoms with E-state index in [0.717, 1.165) is 15.0 Å². The fourth-order valence-electron chi connectivity index (χ4n) is 1.82. The molecular weight excluding hydrogens is 326 g/mol. The van der Waals surface area contributed by atoms with Crippen molar-refractivity contribution in [2.45, 2.75) is 19.9 Å². The van der Waals surface area contributed by atoms with Crippen molar-refractivity contribution in [3.8, 4) is 0 Å². The summed E-state index contributed by atoms with van der Waals surface area (Å²) in [5.74, 6) is -0.898. The van der Waals surface area contributed by atoms with Crippen LogP contribution in [-0.2, 0) is 0 Å². The van der Waals surface area contributed by atoms with E-state index in [4.69, 9.17) is 5.11 Å². The highest BCUT2D eigenvalue weighted by Crippen LogP contribution is 2.30. The predicted molar refractivity (Wildman–Crippen MR) is 82.2 cm³/mol. The van der Waals surface area contributed by atoms with Gasteiger partial charge in [0.25, 0.3) is 0 Å². The van der Waals surface area contributed by atoms with Gasteiger partial charge in [0, 0.05) is 10.6 Å². The average Bonchev–Trinajstić information content (AvgIpc) is 2.78. The first-order valence-electron chi connectivity index (χ1n) is 5.83. The molecule has 1 unspecified atom stereocenters. The van der Waals surface area contributed by atoms with Gasteiger partial charge >= 0.3 is 5.97 Å². The fourth-order valence-corrected chi connectivity index (χ4v) is 3.25. The Morgan fingerprint density at radius 2 is 2.11 bits per heavy atom.